The summed E-state index contributed by atoms with van der Waals surface area (Å²) in [6, 6.07) is 6.64. The topological polar surface area (TPSA) is 88.5 Å². The van der Waals surface area contributed by atoms with Crippen LogP contribution < -0.4 is 0 Å². The van der Waals surface area contributed by atoms with Crippen LogP contribution in [0, 0.1) is 12.8 Å². The molecule has 1 saturated heterocycles. The fraction of sp³-hybridized carbons (Fsp3) is 0.417. The summed E-state index contributed by atoms with van der Waals surface area (Å²) in [7, 11) is -1.02. The molecular formula is C24H23Cl3F3N3O5S. The molecule has 4 rings (SSSR count). The molecule has 0 saturated carbocycles. The van der Waals surface area contributed by atoms with Crippen molar-refractivity contribution in [1.29, 1.82) is 0 Å². The van der Waals surface area contributed by atoms with Gasteiger partial charge in [0.15, 0.2) is 5.78 Å². The standard InChI is InChI=1S/C24H23Cl3F3N3O5S/c1-13-6-15(4-5-17(13)21(34)7-14-11-33(37-12-14)39(35,36)32(2)3)20-10-23(38-31-20,24(28,29)30)16-8-18(25)22(27)19(26)9-16/h4-6,8-9,14H,7,10-12H2,1-3H3/t14?,23-/m0/s1. The molecule has 0 amide bonds. The quantitative estimate of drug-likeness (QED) is 0.287. The molecule has 39 heavy (non-hydrogen) atoms. The van der Waals surface area contributed by atoms with Gasteiger partial charge in [-0.2, -0.15) is 25.9 Å². The van der Waals surface area contributed by atoms with E-state index in [0.29, 0.717) is 16.7 Å². The lowest BCUT2D eigenvalue weighted by Gasteiger charge is -2.30. The fourth-order valence-corrected chi connectivity index (χ4v) is 5.90. The highest BCUT2D eigenvalue weighted by molar-refractivity contribution is 7.86. The van der Waals surface area contributed by atoms with Crippen molar-refractivity contribution < 1.29 is 36.1 Å². The highest BCUT2D eigenvalue weighted by Gasteiger charge is 2.62. The van der Waals surface area contributed by atoms with Crippen LogP contribution in [0.1, 0.15) is 39.9 Å². The number of hydroxylamine groups is 1. The van der Waals surface area contributed by atoms with Gasteiger partial charge in [0.25, 0.3) is 5.60 Å². The van der Waals surface area contributed by atoms with E-state index in [-0.39, 0.29) is 57.6 Å². The molecule has 0 aliphatic carbocycles. The zero-order valence-corrected chi connectivity index (χ0v) is 23.9. The minimum atomic E-state index is -4.87. The summed E-state index contributed by atoms with van der Waals surface area (Å²) in [4.78, 5) is 23.3. The largest absolute Gasteiger partial charge is 0.435 e. The van der Waals surface area contributed by atoms with Crippen LogP contribution in [-0.2, 0) is 25.5 Å². The summed E-state index contributed by atoms with van der Waals surface area (Å²) in [5.41, 5.74) is -1.95. The summed E-state index contributed by atoms with van der Waals surface area (Å²) in [6.45, 7) is 1.73. The van der Waals surface area contributed by atoms with E-state index in [1.165, 1.54) is 26.2 Å². The van der Waals surface area contributed by atoms with Crippen LogP contribution in [0.2, 0.25) is 15.1 Å². The number of aryl methyl sites for hydroxylation is 1. The number of alkyl halides is 3. The van der Waals surface area contributed by atoms with E-state index < -0.39 is 28.4 Å². The third kappa shape index (κ3) is 5.65. The number of carbonyl (C=O) groups excluding carboxylic acids is 1. The highest BCUT2D eigenvalue weighted by atomic mass is 35.5. The first-order chi connectivity index (χ1) is 18.1. The van der Waals surface area contributed by atoms with Crippen molar-refractivity contribution in [2.24, 2.45) is 11.1 Å². The van der Waals surface area contributed by atoms with Gasteiger partial charge in [-0.15, -0.1) is 0 Å². The number of oxime groups is 1. The van der Waals surface area contributed by atoms with Crippen molar-refractivity contribution >= 4 is 56.5 Å². The number of hydrogen-bond acceptors (Lipinski definition) is 6. The maximum Gasteiger partial charge on any atom is 0.435 e. The van der Waals surface area contributed by atoms with Crippen LogP contribution in [0.5, 0.6) is 0 Å². The van der Waals surface area contributed by atoms with E-state index in [4.69, 9.17) is 44.5 Å². The molecule has 2 aliphatic heterocycles. The first-order valence-electron chi connectivity index (χ1n) is 11.5. The summed E-state index contributed by atoms with van der Waals surface area (Å²) in [5.74, 6) is -0.610. The van der Waals surface area contributed by atoms with Crippen LogP contribution in [0.3, 0.4) is 0 Å². The Hall–Kier alpha value is -1.93. The van der Waals surface area contributed by atoms with Gasteiger partial charge >= 0.3 is 16.4 Å². The third-order valence-electron chi connectivity index (χ3n) is 6.55. The van der Waals surface area contributed by atoms with E-state index in [1.807, 2.05) is 0 Å². The number of benzene rings is 2. The maximum absolute atomic E-state index is 14.3. The van der Waals surface area contributed by atoms with Gasteiger partial charge in [0.1, 0.15) is 0 Å². The van der Waals surface area contributed by atoms with E-state index in [9.17, 15) is 26.4 Å². The van der Waals surface area contributed by atoms with Crippen molar-refractivity contribution in [3.05, 3.63) is 67.7 Å². The smallest absolute Gasteiger partial charge is 0.374 e. The lowest BCUT2D eigenvalue weighted by molar-refractivity contribution is -0.275. The van der Waals surface area contributed by atoms with E-state index in [2.05, 4.69) is 5.16 Å². The van der Waals surface area contributed by atoms with Gasteiger partial charge in [0.05, 0.1) is 27.4 Å². The number of nitrogens with zero attached hydrogens (tertiary/aromatic N) is 3. The summed E-state index contributed by atoms with van der Waals surface area (Å²) in [6.07, 6.45) is -5.51. The molecule has 0 bridgehead atoms. The Labute approximate surface area is 238 Å². The van der Waals surface area contributed by atoms with Crippen LogP contribution in [0.25, 0.3) is 0 Å². The summed E-state index contributed by atoms with van der Waals surface area (Å²) < 4.78 is 69.3. The molecule has 0 N–H and O–H groups in total. The number of carbonyl (C=O) groups is 1. The average Bonchev–Trinajstić information content (AvgIpc) is 3.50. The third-order valence-corrected chi connectivity index (χ3v) is 9.44. The second-order valence-corrected chi connectivity index (χ2v) is 12.7. The van der Waals surface area contributed by atoms with Gasteiger partial charge in [0, 0.05) is 50.5 Å². The molecule has 1 unspecified atom stereocenters. The van der Waals surface area contributed by atoms with Gasteiger partial charge in [-0.3, -0.25) is 9.63 Å². The van der Waals surface area contributed by atoms with Crippen molar-refractivity contribution in [2.75, 3.05) is 27.2 Å². The van der Waals surface area contributed by atoms with E-state index >= 15 is 0 Å². The van der Waals surface area contributed by atoms with Crippen molar-refractivity contribution in [1.82, 2.24) is 8.77 Å². The predicted octanol–water partition coefficient (Wildman–Crippen LogP) is 5.78. The first kappa shape index (κ1) is 30.0. The van der Waals surface area contributed by atoms with Crippen molar-refractivity contribution in [2.45, 2.75) is 31.5 Å². The Kier molecular flexibility index (Phi) is 8.32. The first-order valence-corrected chi connectivity index (χ1v) is 14.0. The van der Waals surface area contributed by atoms with Crippen LogP contribution in [0.4, 0.5) is 13.2 Å². The molecule has 0 spiro atoms. The number of Topliss-reactive ketones (excluding diaryl/α,β-unsaturated/α-hetero) is 1. The molecule has 8 nitrogen and oxygen atoms in total. The monoisotopic (exact) mass is 627 g/mol. The van der Waals surface area contributed by atoms with Crippen molar-refractivity contribution in [3.63, 3.8) is 0 Å². The lowest BCUT2D eigenvalue weighted by atomic mass is 9.86. The number of ketones is 1. The van der Waals surface area contributed by atoms with Gasteiger partial charge in [-0.05, 0) is 36.2 Å². The molecule has 0 aromatic heterocycles. The molecule has 2 atom stereocenters. The molecule has 2 aromatic carbocycles. The Morgan fingerprint density at radius 3 is 2.38 bits per heavy atom. The molecule has 212 valence electrons. The second kappa shape index (κ2) is 10.8. The van der Waals surface area contributed by atoms with E-state index in [0.717, 1.165) is 20.9 Å². The molecular weight excluding hydrogens is 606 g/mol. The van der Waals surface area contributed by atoms with Crippen molar-refractivity contribution in [3.8, 4) is 0 Å². The Morgan fingerprint density at radius 1 is 1.18 bits per heavy atom. The molecule has 2 aliphatic rings. The minimum absolute atomic E-state index is 0.0188. The normalized spacial score (nSPS) is 22.3. The number of rotatable bonds is 7. The Balaban J connectivity index is 1.52. The Morgan fingerprint density at radius 2 is 1.82 bits per heavy atom. The van der Waals surface area contributed by atoms with Gasteiger partial charge in [-0.25, -0.2) is 0 Å². The van der Waals surface area contributed by atoms with Gasteiger partial charge < -0.3 is 4.84 Å². The number of halogens is 6. The SMILES string of the molecule is Cc1cc(C2=NO[C@@](c3cc(Cl)c(Cl)c(Cl)c3)(C(F)(F)F)C2)ccc1C(=O)CC1CON(S(=O)(=O)N(C)C)C1. The molecule has 2 aromatic rings. The average molecular weight is 629 g/mol. The van der Waals surface area contributed by atoms with E-state index in [1.54, 1.807) is 13.0 Å². The van der Waals surface area contributed by atoms with Crippen LogP contribution >= 0.6 is 34.8 Å². The second-order valence-electron chi connectivity index (χ2n) is 9.48. The number of hydrogen-bond donors (Lipinski definition) is 0. The lowest BCUT2D eigenvalue weighted by Crippen LogP contribution is -2.42. The highest BCUT2D eigenvalue weighted by Crippen LogP contribution is 2.50. The zero-order chi connectivity index (χ0) is 28.9. The molecule has 1 fully saturated rings. The zero-order valence-electron chi connectivity index (χ0n) is 20.9. The maximum atomic E-state index is 14.3. The predicted molar refractivity (Wildman–Crippen MR) is 140 cm³/mol. The van der Waals surface area contributed by atoms with Crippen LogP contribution in [0.15, 0.2) is 35.5 Å². The Bertz CT molecular complexity index is 1430. The molecule has 2 heterocycles. The fourth-order valence-electron chi connectivity index (χ4n) is 4.35. The molecule has 15 heteroatoms. The minimum Gasteiger partial charge on any atom is -0.374 e. The molecule has 0 radical (unpaired) electrons. The van der Waals surface area contributed by atoms with Crippen LogP contribution in [-0.4, -0.2) is 62.1 Å². The summed E-state index contributed by atoms with van der Waals surface area (Å²) >= 11 is 17.9. The van der Waals surface area contributed by atoms with Gasteiger partial charge in [-0.1, -0.05) is 56.6 Å². The summed E-state index contributed by atoms with van der Waals surface area (Å²) in [5, 5.41) is 3.34. The van der Waals surface area contributed by atoms with Gasteiger partial charge in [0.2, 0.25) is 0 Å².